The SMILES string of the molecule is C1=CC2Oc3cc(-c4ccccc4)cc(-c4nc(-c5ccccc5)nc(-c5ccccc5)n4)c3C2C=C1. The van der Waals surface area contributed by atoms with Gasteiger partial charge in [-0.2, -0.15) is 0 Å². The molecule has 37 heavy (non-hydrogen) atoms. The average Bonchev–Trinajstić information content (AvgIpc) is 3.36. The summed E-state index contributed by atoms with van der Waals surface area (Å²) in [5, 5.41) is 0. The number of allylic oxidation sites excluding steroid dienone is 2. The zero-order valence-corrected chi connectivity index (χ0v) is 20.0. The van der Waals surface area contributed by atoms with Gasteiger partial charge >= 0.3 is 0 Å². The molecule has 1 aromatic heterocycles. The molecule has 0 N–H and O–H groups in total. The topological polar surface area (TPSA) is 47.9 Å². The molecule has 2 heterocycles. The van der Waals surface area contributed by atoms with Crippen LogP contribution in [0.1, 0.15) is 11.5 Å². The molecule has 2 atom stereocenters. The Labute approximate surface area is 215 Å². The molecule has 0 spiro atoms. The van der Waals surface area contributed by atoms with Crippen molar-refractivity contribution in [3.8, 4) is 51.0 Å². The first-order valence-electron chi connectivity index (χ1n) is 12.5. The van der Waals surface area contributed by atoms with Gasteiger partial charge < -0.3 is 4.74 Å². The quantitative estimate of drug-likeness (QED) is 0.269. The Bertz CT molecular complexity index is 1590. The fraction of sp³-hybridized carbons (Fsp3) is 0.0606. The molecular formula is C33H23N3O. The molecule has 4 aromatic carbocycles. The van der Waals surface area contributed by atoms with Crippen molar-refractivity contribution in [1.29, 1.82) is 0 Å². The van der Waals surface area contributed by atoms with Gasteiger partial charge in [-0.15, -0.1) is 0 Å². The van der Waals surface area contributed by atoms with Crippen LogP contribution >= 0.6 is 0 Å². The minimum Gasteiger partial charge on any atom is -0.485 e. The summed E-state index contributed by atoms with van der Waals surface area (Å²) in [5.41, 5.74) is 6.19. The first-order chi connectivity index (χ1) is 18.3. The highest BCUT2D eigenvalue weighted by Crippen LogP contribution is 2.48. The second-order valence-corrected chi connectivity index (χ2v) is 9.22. The Kier molecular flexibility index (Phi) is 5.21. The molecule has 7 rings (SSSR count). The lowest BCUT2D eigenvalue weighted by molar-refractivity contribution is 0.269. The van der Waals surface area contributed by atoms with Crippen molar-refractivity contribution in [3.63, 3.8) is 0 Å². The lowest BCUT2D eigenvalue weighted by atomic mass is 9.87. The second-order valence-electron chi connectivity index (χ2n) is 9.22. The summed E-state index contributed by atoms with van der Waals surface area (Å²) in [6.07, 6.45) is 8.43. The van der Waals surface area contributed by atoms with E-state index >= 15 is 0 Å². The molecule has 2 aliphatic rings. The van der Waals surface area contributed by atoms with E-state index in [0.717, 1.165) is 39.1 Å². The van der Waals surface area contributed by atoms with E-state index in [1.54, 1.807) is 0 Å². The van der Waals surface area contributed by atoms with E-state index in [4.69, 9.17) is 19.7 Å². The van der Waals surface area contributed by atoms with Crippen molar-refractivity contribution in [2.75, 3.05) is 0 Å². The summed E-state index contributed by atoms with van der Waals surface area (Å²) in [5.74, 6) is 2.94. The van der Waals surface area contributed by atoms with Crippen molar-refractivity contribution in [1.82, 2.24) is 15.0 Å². The monoisotopic (exact) mass is 477 g/mol. The average molecular weight is 478 g/mol. The first kappa shape index (κ1) is 21.5. The molecule has 0 amide bonds. The van der Waals surface area contributed by atoms with Gasteiger partial charge in [0.05, 0.1) is 0 Å². The van der Waals surface area contributed by atoms with E-state index in [2.05, 4.69) is 60.7 Å². The van der Waals surface area contributed by atoms with Crippen LogP contribution in [0.3, 0.4) is 0 Å². The normalized spacial score (nSPS) is 17.2. The fourth-order valence-corrected chi connectivity index (χ4v) is 5.09. The van der Waals surface area contributed by atoms with E-state index in [1.807, 2.05) is 66.7 Å². The van der Waals surface area contributed by atoms with Crippen LogP contribution in [0, 0.1) is 0 Å². The number of hydrogen-bond acceptors (Lipinski definition) is 4. The molecule has 1 aliphatic heterocycles. The van der Waals surface area contributed by atoms with Gasteiger partial charge in [-0.3, -0.25) is 0 Å². The number of rotatable bonds is 4. The van der Waals surface area contributed by atoms with Gasteiger partial charge in [0, 0.05) is 28.2 Å². The molecule has 0 fully saturated rings. The van der Waals surface area contributed by atoms with Gasteiger partial charge in [0.1, 0.15) is 11.9 Å². The van der Waals surface area contributed by atoms with Crippen LogP contribution in [-0.4, -0.2) is 21.1 Å². The maximum atomic E-state index is 6.46. The summed E-state index contributed by atoms with van der Waals surface area (Å²) in [4.78, 5) is 14.9. The van der Waals surface area contributed by atoms with Crippen LogP contribution in [0.25, 0.3) is 45.3 Å². The zero-order chi connectivity index (χ0) is 24.6. The summed E-state index contributed by atoms with van der Waals surface area (Å²) in [7, 11) is 0. The lowest BCUT2D eigenvalue weighted by Crippen LogP contribution is -2.16. The number of hydrogen-bond donors (Lipinski definition) is 0. The van der Waals surface area contributed by atoms with Crippen LogP contribution in [0.2, 0.25) is 0 Å². The minimum absolute atomic E-state index is 0.0335. The molecule has 4 nitrogen and oxygen atoms in total. The molecule has 2 unspecified atom stereocenters. The van der Waals surface area contributed by atoms with Crippen LogP contribution in [0.5, 0.6) is 5.75 Å². The van der Waals surface area contributed by atoms with Gasteiger partial charge in [0.2, 0.25) is 0 Å². The summed E-state index contributed by atoms with van der Waals surface area (Å²) < 4.78 is 6.46. The maximum absolute atomic E-state index is 6.46. The summed E-state index contributed by atoms with van der Waals surface area (Å²) in [6.45, 7) is 0. The van der Waals surface area contributed by atoms with Gasteiger partial charge in [0.25, 0.3) is 0 Å². The van der Waals surface area contributed by atoms with Crippen LogP contribution in [-0.2, 0) is 0 Å². The van der Waals surface area contributed by atoms with E-state index in [-0.39, 0.29) is 12.0 Å². The lowest BCUT2D eigenvalue weighted by Gasteiger charge is -2.16. The van der Waals surface area contributed by atoms with Crippen molar-refractivity contribution >= 4 is 0 Å². The van der Waals surface area contributed by atoms with Crippen LogP contribution in [0.4, 0.5) is 0 Å². The Morgan fingerprint density at radius 2 is 1.05 bits per heavy atom. The molecule has 0 radical (unpaired) electrons. The third-order valence-corrected chi connectivity index (χ3v) is 6.87. The van der Waals surface area contributed by atoms with Gasteiger partial charge in [-0.1, -0.05) is 109 Å². The molecule has 0 bridgehead atoms. The van der Waals surface area contributed by atoms with Crippen molar-refractivity contribution in [2.24, 2.45) is 0 Å². The van der Waals surface area contributed by atoms with Gasteiger partial charge in [-0.05, 0) is 29.3 Å². The standard InChI is InChI=1S/C33H23N3O/c1-4-12-22(13-5-1)25-20-27(30-26-18-10-11-19-28(26)37-29(30)21-25)33-35-31(23-14-6-2-7-15-23)34-32(36-33)24-16-8-3-9-17-24/h1-21,26,28H. The predicted molar refractivity (Wildman–Crippen MR) is 147 cm³/mol. The van der Waals surface area contributed by atoms with Crippen LogP contribution in [0.15, 0.2) is 127 Å². The Hall–Kier alpha value is -4.83. The van der Waals surface area contributed by atoms with Crippen molar-refractivity contribution in [2.45, 2.75) is 12.0 Å². The van der Waals surface area contributed by atoms with E-state index in [1.165, 1.54) is 0 Å². The van der Waals surface area contributed by atoms with Crippen molar-refractivity contribution in [3.05, 3.63) is 133 Å². The zero-order valence-electron chi connectivity index (χ0n) is 20.0. The highest BCUT2D eigenvalue weighted by atomic mass is 16.5. The third kappa shape index (κ3) is 3.93. The van der Waals surface area contributed by atoms with Crippen molar-refractivity contribution < 1.29 is 4.74 Å². The highest BCUT2D eigenvalue weighted by Gasteiger charge is 2.36. The molecule has 1 aliphatic carbocycles. The number of aromatic nitrogens is 3. The maximum Gasteiger partial charge on any atom is 0.164 e. The Morgan fingerprint density at radius 1 is 0.514 bits per heavy atom. The molecule has 4 heteroatoms. The largest absolute Gasteiger partial charge is 0.485 e. The minimum atomic E-state index is -0.0335. The second kappa shape index (κ2) is 8.99. The molecule has 176 valence electrons. The molecule has 0 saturated heterocycles. The third-order valence-electron chi connectivity index (χ3n) is 6.87. The van der Waals surface area contributed by atoms with Gasteiger partial charge in [-0.25, -0.2) is 15.0 Å². The number of fused-ring (bicyclic) bond motifs is 3. The first-order valence-corrected chi connectivity index (χ1v) is 12.5. The van der Waals surface area contributed by atoms with E-state index in [0.29, 0.717) is 17.5 Å². The summed E-state index contributed by atoms with van der Waals surface area (Å²) in [6, 6.07) is 34.9. The molecule has 0 saturated carbocycles. The Balaban J connectivity index is 1.49. The number of benzene rings is 4. The van der Waals surface area contributed by atoms with Crippen LogP contribution < -0.4 is 4.74 Å². The van der Waals surface area contributed by atoms with E-state index < -0.39 is 0 Å². The fourth-order valence-electron chi connectivity index (χ4n) is 5.09. The van der Waals surface area contributed by atoms with E-state index in [9.17, 15) is 0 Å². The predicted octanol–water partition coefficient (Wildman–Crippen LogP) is 7.51. The smallest absolute Gasteiger partial charge is 0.164 e. The van der Waals surface area contributed by atoms with Gasteiger partial charge in [0.15, 0.2) is 17.5 Å². The molecule has 5 aromatic rings. The Morgan fingerprint density at radius 3 is 1.68 bits per heavy atom. The number of nitrogens with zero attached hydrogens (tertiary/aromatic N) is 3. The molecular weight excluding hydrogens is 454 g/mol. The highest BCUT2D eigenvalue weighted by molar-refractivity contribution is 5.79. The summed E-state index contributed by atoms with van der Waals surface area (Å²) >= 11 is 0. The number of ether oxygens (including phenoxy) is 1.